The number of benzene rings is 1. The number of aliphatic hydroxyl groups is 1. The van der Waals surface area contributed by atoms with Crippen molar-refractivity contribution in [1.29, 1.82) is 0 Å². The first-order valence-corrected chi connectivity index (χ1v) is 11.5. The van der Waals surface area contributed by atoms with Gasteiger partial charge in [0.2, 0.25) is 5.91 Å². The summed E-state index contributed by atoms with van der Waals surface area (Å²) >= 11 is 1.70. The number of aliphatic hydroxyl groups excluding tert-OH is 1. The van der Waals surface area contributed by atoms with Crippen molar-refractivity contribution in [3.63, 3.8) is 0 Å². The third kappa shape index (κ3) is 6.74. The van der Waals surface area contributed by atoms with E-state index >= 15 is 0 Å². The zero-order chi connectivity index (χ0) is 22.2. The number of carbonyl (C=O) groups is 1. The standard InChI is InChI=1S/C23H31FN2O4S/c1-17(27)14-25(10-3-12-29-2)15-23(28)26-11-8-22-20(9-13-31-22)21(26)16-30-19-6-4-18(24)5-7-19/h4-7,9,13,17,21,27H,3,8,10-12,14-16H2,1-2H3. The molecule has 2 aromatic rings. The first kappa shape index (κ1) is 23.7. The molecule has 8 heteroatoms. The molecule has 0 bridgehead atoms. The first-order chi connectivity index (χ1) is 15.0. The van der Waals surface area contributed by atoms with Gasteiger partial charge in [-0.15, -0.1) is 11.3 Å². The predicted octanol–water partition coefficient (Wildman–Crippen LogP) is 3.11. The van der Waals surface area contributed by atoms with E-state index < -0.39 is 6.10 Å². The number of fused-ring (bicyclic) bond motifs is 1. The number of methoxy groups -OCH3 is 1. The molecule has 6 nitrogen and oxygen atoms in total. The van der Waals surface area contributed by atoms with Crippen LogP contribution in [0.5, 0.6) is 5.75 Å². The van der Waals surface area contributed by atoms with Crippen LogP contribution in [0, 0.1) is 5.82 Å². The van der Waals surface area contributed by atoms with Gasteiger partial charge in [-0.25, -0.2) is 4.39 Å². The van der Waals surface area contributed by atoms with E-state index in [1.165, 1.54) is 17.0 Å². The highest BCUT2D eigenvalue weighted by Gasteiger charge is 2.32. The van der Waals surface area contributed by atoms with E-state index in [0.29, 0.717) is 38.6 Å². The Morgan fingerprint density at radius 3 is 2.84 bits per heavy atom. The maximum atomic E-state index is 13.3. The molecule has 0 spiro atoms. The summed E-state index contributed by atoms with van der Waals surface area (Å²) in [6.07, 6.45) is 1.10. The lowest BCUT2D eigenvalue weighted by Crippen LogP contribution is -2.47. The second kappa shape index (κ2) is 11.6. The molecule has 3 rings (SSSR count). The Bertz CT molecular complexity index is 827. The summed E-state index contributed by atoms with van der Waals surface area (Å²) in [7, 11) is 1.65. The van der Waals surface area contributed by atoms with E-state index in [1.54, 1.807) is 37.5 Å². The minimum atomic E-state index is -0.516. The van der Waals surface area contributed by atoms with Crippen molar-refractivity contribution in [2.24, 2.45) is 0 Å². The number of ether oxygens (including phenoxy) is 2. The summed E-state index contributed by atoms with van der Waals surface area (Å²) in [5.41, 5.74) is 1.12. The molecule has 2 atom stereocenters. The van der Waals surface area contributed by atoms with Crippen LogP contribution < -0.4 is 4.74 Å². The van der Waals surface area contributed by atoms with Crippen molar-refractivity contribution in [1.82, 2.24) is 9.80 Å². The molecule has 2 heterocycles. The second-order valence-corrected chi connectivity index (χ2v) is 8.85. The number of carbonyl (C=O) groups excluding carboxylic acids is 1. The highest BCUT2D eigenvalue weighted by molar-refractivity contribution is 7.10. The minimum Gasteiger partial charge on any atom is -0.491 e. The Hall–Kier alpha value is -2.00. The molecule has 0 saturated heterocycles. The number of thiophene rings is 1. The van der Waals surface area contributed by atoms with Gasteiger partial charge in [-0.2, -0.15) is 0 Å². The van der Waals surface area contributed by atoms with Gasteiger partial charge in [0.15, 0.2) is 0 Å². The van der Waals surface area contributed by atoms with E-state index in [-0.39, 0.29) is 24.3 Å². The van der Waals surface area contributed by atoms with Crippen LogP contribution in [-0.4, -0.2) is 73.4 Å². The maximum Gasteiger partial charge on any atom is 0.237 e. The van der Waals surface area contributed by atoms with Crippen LogP contribution in [0.15, 0.2) is 35.7 Å². The molecule has 1 aromatic heterocycles. The Morgan fingerprint density at radius 1 is 1.35 bits per heavy atom. The van der Waals surface area contributed by atoms with Crippen molar-refractivity contribution in [3.05, 3.63) is 52.0 Å². The molecule has 0 fully saturated rings. The van der Waals surface area contributed by atoms with Crippen molar-refractivity contribution in [3.8, 4) is 5.75 Å². The fraction of sp³-hybridized carbons (Fsp3) is 0.522. The lowest BCUT2D eigenvalue weighted by atomic mass is 10.0. The second-order valence-electron chi connectivity index (χ2n) is 7.85. The summed E-state index contributed by atoms with van der Waals surface area (Å²) in [6, 6.07) is 7.79. The number of halogens is 1. The third-order valence-electron chi connectivity index (χ3n) is 5.34. The fourth-order valence-corrected chi connectivity index (χ4v) is 4.83. The number of hydrogen-bond acceptors (Lipinski definition) is 6. The molecule has 1 aromatic carbocycles. The van der Waals surface area contributed by atoms with Crippen LogP contribution in [0.2, 0.25) is 0 Å². The van der Waals surface area contributed by atoms with E-state index in [1.807, 2.05) is 15.2 Å². The van der Waals surface area contributed by atoms with Crippen molar-refractivity contribution in [2.75, 3.05) is 46.5 Å². The Kier molecular flexibility index (Phi) is 8.83. The Morgan fingerprint density at radius 2 is 2.13 bits per heavy atom. The Labute approximate surface area is 187 Å². The molecule has 0 radical (unpaired) electrons. The quantitative estimate of drug-likeness (QED) is 0.533. The first-order valence-electron chi connectivity index (χ1n) is 10.6. The van der Waals surface area contributed by atoms with Gasteiger partial charge in [0, 0.05) is 38.2 Å². The summed E-state index contributed by atoms with van der Waals surface area (Å²) in [5, 5.41) is 11.9. The van der Waals surface area contributed by atoms with Gasteiger partial charge in [0.25, 0.3) is 0 Å². The van der Waals surface area contributed by atoms with E-state index in [9.17, 15) is 14.3 Å². The minimum absolute atomic E-state index is 0.0163. The van der Waals surface area contributed by atoms with Gasteiger partial charge in [-0.3, -0.25) is 9.69 Å². The molecule has 2 unspecified atom stereocenters. The summed E-state index contributed by atoms with van der Waals surface area (Å²) in [4.78, 5) is 18.4. The lowest BCUT2D eigenvalue weighted by Gasteiger charge is -2.37. The van der Waals surface area contributed by atoms with Crippen molar-refractivity contribution in [2.45, 2.75) is 31.9 Å². The smallest absolute Gasteiger partial charge is 0.237 e. The topological polar surface area (TPSA) is 62.2 Å². The molecule has 0 aliphatic carbocycles. The normalized spacial score (nSPS) is 16.9. The number of hydrogen-bond donors (Lipinski definition) is 1. The van der Waals surface area contributed by atoms with Gasteiger partial charge in [0.1, 0.15) is 18.2 Å². The van der Waals surface area contributed by atoms with Crippen LogP contribution in [0.3, 0.4) is 0 Å². The van der Waals surface area contributed by atoms with E-state index in [4.69, 9.17) is 9.47 Å². The number of nitrogens with zero attached hydrogens (tertiary/aromatic N) is 2. The highest BCUT2D eigenvalue weighted by Crippen LogP contribution is 2.34. The number of amides is 1. The lowest BCUT2D eigenvalue weighted by molar-refractivity contribution is -0.136. The summed E-state index contributed by atoms with van der Waals surface area (Å²) < 4.78 is 24.2. The molecule has 1 N–H and O–H groups in total. The van der Waals surface area contributed by atoms with E-state index in [0.717, 1.165) is 18.4 Å². The zero-order valence-electron chi connectivity index (χ0n) is 18.1. The monoisotopic (exact) mass is 450 g/mol. The van der Waals surface area contributed by atoms with E-state index in [2.05, 4.69) is 6.07 Å². The molecule has 1 aliphatic heterocycles. The Balaban J connectivity index is 1.70. The van der Waals surface area contributed by atoms with Crippen LogP contribution in [0.25, 0.3) is 0 Å². The molecule has 0 saturated carbocycles. The van der Waals surface area contributed by atoms with Crippen LogP contribution >= 0.6 is 11.3 Å². The van der Waals surface area contributed by atoms with Crippen LogP contribution in [0.1, 0.15) is 29.8 Å². The maximum absolute atomic E-state index is 13.3. The van der Waals surface area contributed by atoms with Gasteiger partial charge in [-0.05, 0) is 61.0 Å². The average Bonchev–Trinajstić information content (AvgIpc) is 3.22. The van der Waals surface area contributed by atoms with Crippen molar-refractivity contribution < 1.29 is 23.8 Å². The van der Waals surface area contributed by atoms with Crippen LogP contribution in [-0.2, 0) is 16.0 Å². The predicted molar refractivity (Wildman–Crippen MR) is 119 cm³/mol. The molecule has 1 amide bonds. The largest absolute Gasteiger partial charge is 0.491 e. The SMILES string of the molecule is COCCCN(CC(=O)N1CCc2sccc2C1COc1ccc(F)cc1)CC(C)O. The van der Waals surface area contributed by atoms with Gasteiger partial charge in [-0.1, -0.05) is 0 Å². The highest BCUT2D eigenvalue weighted by atomic mass is 32.1. The van der Waals surface area contributed by atoms with Crippen LogP contribution in [0.4, 0.5) is 4.39 Å². The molecular formula is C23H31FN2O4S. The average molecular weight is 451 g/mol. The summed E-state index contributed by atoms with van der Waals surface area (Å²) in [5.74, 6) is 0.280. The zero-order valence-corrected chi connectivity index (χ0v) is 18.9. The number of rotatable bonds is 11. The third-order valence-corrected chi connectivity index (χ3v) is 6.34. The molecule has 1 aliphatic rings. The van der Waals surface area contributed by atoms with Gasteiger partial charge < -0.3 is 19.5 Å². The summed E-state index contributed by atoms with van der Waals surface area (Å²) in [6.45, 7) is 4.63. The van der Waals surface area contributed by atoms with Crippen molar-refractivity contribution >= 4 is 17.2 Å². The fourth-order valence-electron chi connectivity index (χ4n) is 3.90. The van der Waals surface area contributed by atoms with Gasteiger partial charge >= 0.3 is 0 Å². The molecular weight excluding hydrogens is 419 g/mol. The molecule has 170 valence electrons. The van der Waals surface area contributed by atoms with Gasteiger partial charge in [0.05, 0.1) is 18.7 Å². The molecule has 31 heavy (non-hydrogen) atoms.